The van der Waals surface area contributed by atoms with Crippen LogP contribution in [0.1, 0.15) is 12.5 Å². The third-order valence-electron chi connectivity index (χ3n) is 4.18. The number of rotatable bonds is 5. The Morgan fingerprint density at radius 3 is 2.56 bits per heavy atom. The molecular weight excluding hydrogens is 332 g/mol. The number of nitrogens with zero attached hydrogens (tertiary/aromatic N) is 1. The number of ether oxygens (including phenoxy) is 1. The van der Waals surface area contributed by atoms with Crippen molar-refractivity contribution >= 4 is 29.0 Å². The van der Waals surface area contributed by atoms with Gasteiger partial charge in [-0.1, -0.05) is 17.7 Å². The van der Waals surface area contributed by atoms with E-state index in [-0.39, 0.29) is 11.2 Å². The van der Waals surface area contributed by atoms with Crippen LogP contribution in [0.15, 0.2) is 53.4 Å². The van der Waals surface area contributed by atoms with E-state index >= 15 is 0 Å². The molecule has 1 unspecified atom stereocenters. The highest BCUT2D eigenvalue weighted by molar-refractivity contribution is 8.00. The Morgan fingerprint density at radius 2 is 1.88 bits per heavy atom. The summed E-state index contributed by atoms with van der Waals surface area (Å²) in [6.45, 7) is 7.36. The lowest BCUT2D eigenvalue weighted by Gasteiger charge is -2.28. The smallest absolute Gasteiger partial charge is 0.237 e. The molecule has 2 aromatic carbocycles. The molecule has 1 aliphatic rings. The van der Waals surface area contributed by atoms with Crippen LogP contribution >= 0.6 is 11.8 Å². The molecule has 0 spiro atoms. The van der Waals surface area contributed by atoms with Gasteiger partial charge in [-0.25, -0.2) is 0 Å². The number of hydrogen-bond donors (Lipinski definition) is 1. The number of nitrogens with one attached hydrogen (secondary N) is 1. The number of anilines is 2. The molecule has 1 atom stereocenters. The van der Waals surface area contributed by atoms with E-state index < -0.39 is 0 Å². The molecule has 0 aromatic heterocycles. The molecule has 0 bridgehead atoms. The Kier molecular flexibility index (Phi) is 6.00. The minimum atomic E-state index is -0.152. The first kappa shape index (κ1) is 17.8. The SMILES string of the molecule is Cc1cccc(SC(C)C(=O)Nc2ccc(N3CCOCC3)cc2)c1. The van der Waals surface area contributed by atoms with Gasteiger partial charge in [-0.05, 0) is 50.2 Å². The maximum absolute atomic E-state index is 12.4. The highest BCUT2D eigenvalue weighted by Gasteiger charge is 2.15. The van der Waals surface area contributed by atoms with Crippen molar-refractivity contribution in [2.24, 2.45) is 0 Å². The normalized spacial score (nSPS) is 15.7. The maximum atomic E-state index is 12.4. The Balaban J connectivity index is 1.56. The lowest BCUT2D eigenvalue weighted by molar-refractivity contribution is -0.115. The standard InChI is InChI=1S/C20H24N2O2S/c1-15-4-3-5-19(14-15)25-16(2)20(23)21-17-6-8-18(9-7-17)22-10-12-24-13-11-22/h3-9,14,16H,10-13H2,1-2H3,(H,21,23). The molecule has 1 fully saturated rings. The number of benzene rings is 2. The fraction of sp³-hybridized carbons (Fsp3) is 0.350. The first-order chi connectivity index (χ1) is 12.1. The van der Waals surface area contributed by atoms with Gasteiger partial charge in [0.05, 0.1) is 18.5 Å². The summed E-state index contributed by atoms with van der Waals surface area (Å²) in [5.41, 5.74) is 3.21. The average Bonchev–Trinajstić information content (AvgIpc) is 2.63. The third-order valence-corrected chi connectivity index (χ3v) is 5.28. The molecule has 132 valence electrons. The molecule has 2 aromatic rings. The summed E-state index contributed by atoms with van der Waals surface area (Å²) in [7, 11) is 0. The topological polar surface area (TPSA) is 41.6 Å². The van der Waals surface area contributed by atoms with Gasteiger partial charge < -0.3 is 15.0 Å². The van der Waals surface area contributed by atoms with Gasteiger partial charge in [-0.3, -0.25) is 4.79 Å². The van der Waals surface area contributed by atoms with Crippen molar-refractivity contribution in [1.29, 1.82) is 0 Å². The van der Waals surface area contributed by atoms with E-state index in [1.807, 2.05) is 31.2 Å². The zero-order chi connectivity index (χ0) is 17.6. The van der Waals surface area contributed by atoms with Crippen molar-refractivity contribution in [3.63, 3.8) is 0 Å². The van der Waals surface area contributed by atoms with E-state index in [4.69, 9.17) is 4.74 Å². The van der Waals surface area contributed by atoms with E-state index in [2.05, 4.69) is 41.4 Å². The van der Waals surface area contributed by atoms with Crippen molar-refractivity contribution in [2.45, 2.75) is 24.0 Å². The van der Waals surface area contributed by atoms with Crippen molar-refractivity contribution in [1.82, 2.24) is 0 Å². The predicted molar refractivity (Wildman–Crippen MR) is 105 cm³/mol. The first-order valence-corrected chi connectivity index (χ1v) is 9.47. The number of carbonyl (C=O) groups is 1. The summed E-state index contributed by atoms with van der Waals surface area (Å²) >= 11 is 1.58. The number of amides is 1. The third kappa shape index (κ3) is 5.00. The summed E-state index contributed by atoms with van der Waals surface area (Å²) in [6.07, 6.45) is 0. The van der Waals surface area contributed by atoms with Crippen LogP contribution in [0.3, 0.4) is 0 Å². The molecule has 5 heteroatoms. The average molecular weight is 356 g/mol. The second-order valence-electron chi connectivity index (χ2n) is 6.21. The van der Waals surface area contributed by atoms with Crippen LogP contribution < -0.4 is 10.2 Å². The van der Waals surface area contributed by atoms with Crippen LogP contribution in [0.25, 0.3) is 0 Å². The monoisotopic (exact) mass is 356 g/mol. The minimum absolute atomic E-state index is 0.0191. The van der Waals surface area contributed by atoms with Crippen LogP contribution in [-0.4, -0.2) is 37.5 Å². The summed E-state index contributed by atoms with van der Waals surface area (Å²) in [4.78, 5) is 15.8. The summed E-state index contributed by atoms with van der Waals surface area (Å²) in [6, 6.07) is 16.3. The van der Waals surface area contributed by atoms with Gasteiger partial charge in [0.15, 0.2) is 0 Å². The van der Waals surface area contributed by atoms with Gasteiger partial charge in [0.25, 0.3) is 0 Å². The maximum Gasteiger partial charge on any atom is 0.237 e. The van der Waals surface area contributed by atoms with Crippen molar-refractivity contribution in [2.75, 3.05) is 36.5 Å². The lowest BCUT2D eigenvalue weighted by atomic mass is 10.2. The molecule has 0 radical (unpaired) electrons. The highest BCUT2D eigenvalue weighted by atomic mass is 32.2. The van der Waals surface area contributed by atoms with Crippen molar-refractivity contribution < 1.29 is 9.53 Å². The van der Waals surface area contributed by atoms with Gasteiger partial charge in [-0.15, -0.1) is 11.8 Å². The second kappa shape index (κ2) is 8.41. The number of carbonyl (C=O) groups excluding carboxylic acids is 1. The molecule has 0 saturated carbocycles. The van der Waals surface area contributed by atoms with Gasteiger partial charge in [0, 0.05) is 29.4 Å². The van der Waals surface area contributed by atoms with Gasteiger partial charge >= 0.3 is 0 Å². The molecule has 1 heterocycles. The van der Waals surface area contributed by atoms with E-state index in [9.17, 15) is 4.79 Å². The quantitative estimate of drug-likeness (QED) is 0.824. The second-order valence-corrected chi connectivity index (χ2v) is 7.63. The van der Waals surface area contributed by atoms with Crippen LogP contribution in [0.2, 0.25) is 0 Å². The molecule has 25 heavy (non-hydrogen) atoms. The van der Waals surface area contributed by atoms with Crippen LogP contribution in [-0.2, 0) is 9.53 Å². The fourth-order valence-corrected chi connectivity index (χ4v) is 3.75. The van der Waals surface area contributed by atoms with Crippen LogP contribution in [0.5, 0.6) is 0 Å². The molecular formula is C20H24N2O2S. The fourth-order valence-electron chi connectivity index (χ4n) is 2.77. The van der Waals surface area contributed by atoms with Crippen LogP contribution in [0.4, 0.5) is 11.4 Å². The molecule has 4 nitrogen and oxygen atoms in total. The number of aryl methyl sites for hydroxylation is 1. The number of hydrogen-bond acceptors (Lipinski definition) is 4. The lowest BCUT2D eigenvalue weighted by Crippen LogP contribution is -2.36. The molecule has 1 amide bonds. The van der Waals surface area contributed by atoms with Gasteiger partial charge in [0.1, 0.15) is 0 Å². The van der Waals surface area contributed by atoms with Crippen molar-refractivity contribution in [3.8, 4) is 0 Å². The highest BCUT2D eigenvalue weighted by Crippen LogP contribution is 2.25. The van der Waals surface area contributed by atoms with Gasteiger partial charge in [0.2, 0.25) is 5.91 Å². The molecule has 1 N–H and O–H groups in total. The van der Waals surface area contributed by atoms with E-state index in [0.29, 0.717) is 0 Å². The molecule has 1 aliphatic heterocycles. The van der Waals surface area contributed by atoms with Crippen LogP contribution in [0, 0.1) is 6.92 Å². The summed E-state index contributed by atoms with van der Waals surface area (Å²) in [5, 5.41) is 2.85. The first-order valence-electron chi connectivity index (χ1n) is 8.59. The predicted octanol–water partition coefficient (Wildman–Crippen LogP) is 3.95. The Morgan fingerprint density at radius 1 is 1.16 bits per heavy atom. The number of thioether (sulfide) groups is 1. The van der Waals surface area contributed by atoms with E-state index in [1.54, 1.807) is 11.8 Å². The largest absolute Gasteiger partial charge is 0.378 e. The minimum Gasteiger partial charge on any atom is -0.378 e. The van der Waals surface area contributed by atoms with E-state index in [1.165, 1.54) is 11.3 Å². The summed E-state index contributed by atoms with van der Waals surface area (Å²) < 4.78 is 5.38. The molecule has 0 aliphatic carbocycles. The zero-order valence-corrected chi connectivity index (χ0v) is 15.5. The van der Waals surface area contributed by atoms with Crippen molar-refractivity contribution in [3.05, 3.63) is 54.1 Å². The molecule has 3 rings (SSSR count). The number of morpholine rings is 1. The summed E-state index contributed by atoms with van der Waals surface area (Å²) in [5.74, 6) is 0.0191. The zero-order valence-electron chi connectivity index (χ0n) is 14.7. The van der Waals surface area contributed by atoms with Gasteiger partial charge in [-0.2, -0.15) is 0 Å². The van der Waals surface area contributed by atoms with E-state index in [0.717, 1.165) is 36.9 Å². The Labute approximate surface area is 153 Å². The Hall–Kier alpha value is -1.98. The molecule has 1 saturated heterocycles. The Bertz CT molecular complexity index is 712.